The van der Waals surface area contributed by atoms with Crippen LogP contribution in [0.25, 0.3) is 0 Å². The average molecular weight is 481 g/mol. The quantitative estimate of drug-likeness (QED) is 0.643. The summed E-state index contributed by atoms with van der Waals surface area (Å²) >= 11 is 3.79. The molecule has 2 heterocycles. The summed E-state index contributed by atoms with van der Waals surface area (Å²) in [6.07, 6.45) is 3.69. The second kappa shape index (κ2) is 9.94. The van der Waals surface area contributed by atoms with Gasteiger partial charge in [-0.25, -0.2) is 12.8 Å². The number of halogens is 1. The zero-order chi connectivity index (χ0) is 21.8. The maximum absolute atomic E-state index is 14.4. The highest BCUT2D eigenvalue weighted by Crippen LogP contribution is 2.44. The molecule has 9 heteroatoms. The van der Waals surface area contributed by atoms with Crippen LogP contribution >= 0.6 is 23.5 Å². The summed E-state index contributed by atoms with van der Waals surface area (Å²) in [7, 11) is -3.97. The van der Waals surface area contributed by atoms with Crippen molar-refractivity contribution in [2.24, 2.45) is 0 Å². The lowest BCUT2D eigenvalue weighted by Gasteiger charge is -2.26. The van der Waals surface area contributed by atoms with E-state index >= 15 is 0 Å². The molecule has 0 bridgehead atoms. The Balaban J connectivity index is 1.54. The zero-order valence-corrected chi connectivity index (χ0v) is 19.5. The van der Waals surface area contributed by atoms with Gasteiger partial charge in [-0.15, -0.1) is 23.5 Å². The fourth-order valence-corrected chi connectivity index (χ4v) is 8.21. The van der Waals surface area contributed by atoms with Crippen LogP contribution in [0.2, 0.25) is 0 Å². The molecule has 0 spiro atoms. The summed E-state index contributed by atoms with van der Waals surface area (Å²) in [6.45, 7) is 0.754. The normalized spacial score (nSPS) is 18.6. The van der Waals surface area contributed by atoms with Gasteiger partial charge in [0.25, 0.3) is 5.91 Å². The Morgan fingerprint density at radius 2 is 1.74 bits per heavy atom. The summed E-state index contributed by atoms with van der Waals surface area (Å²) in [5.74, 6) is 0.947. The smallest absolute Gasteiger partial charge is 0.255 e. The molecule has 4 rings (SSSR count). The van der Waals surface area contributed by atoms with Gasteiger partial charge in [0.1, 0.15) is 10.7 Å². The standard InChI is InChI=1S/C22H25FN2O3S3/c23-19-9-8-16(15-20(19)31(27,28)25-10-2-1-3-11-25)21(26)24-18-7-4-6-17(14-18)22-29-12-5-13-30-22/h4,6-9,14-15,22H,1-3,5,10-13H2,(H,24,26). The van der Waals surface area contributed by atoms with Gasteiger partial charge in [-0.2, -0.15) is 4.31 Å². The number of benzene rings is 2. The van der Waals surface area contributed by atoms with Crippen LogP contribution in [-0.4, -0.2) is 43.2 Å². The number of piperidine rings is 1. The molecule has 166 valence electrons. The second-order valence-corrected chi connectivity index (χ2v) is 12.2. The van der Waals surface area contributed by atoms with Gasteiger partial charge < -0.3 is 5.32 Å². The van der Waals surface area contributed by atoms with E-state index in [1.807, 2.05) is 41.7 Å². The van der Waals surface area contributed by atoms with Crippen molar-refractivity contribution in [3.8, 4) is 0 Å². The Bertz CT molecular complexity index is 1050. The number of sulfonamides is 1. The largest absolute Gasteiger partial charge is 0.322 e. The average Bonchev–Trinajstić information content (AvgIpc) is 2.80. The number of carbonyl (C=O) groups excluding carboxylic acids is 1. The molecule has 2 aromatic rings. The van der Waals surface area contributed by atoms with Gasteiger partial charge in [0, 0.05) is 24.3 Å². The third kappa shape index (κ3) is 5.27. The highest BCUT2D eigenvalue weighted by Gasteiger charge is 2.29. The monoisotopic (exact) mass is 480 g/mol. The minimum Gasteiger partial charge on any atom is -0.322 e. The Kier molecular flexibility index (Phi) is 7.26. The molecule has 2 saturated heterocycles. The van der Waals surface area contributed by atoms with Crippen molar-refractivity contribution in [2.75, 3.05) is 29.9 Å². The Hall–Kier alpha value is -1.55. The minimum absolute atomic E-state index is 0.115. The number of carbonyl (C=O) groups is 1. The summed E-state index contributed by atoms with van der Waals surface area (Å²) in [6, 6.07) is 11.2. The van der Waals surface area contributed by atoms with E-state index in [1.54, 1.807) is 6.07 Å². The van der Waals surface area contributed by atoms with Gasteiger partial charge in [-0.1, -0.05) is 18.6 Å². The molecular weight excluding hydrogens is 455 g/mol. The predicted molar refractivity (Wildman–Crippen MR) is 126 cm³/mol. The van der Waals surface area contributed by atoms with Gasteiger partial charge in [0.2, 0.25) is 10.0 Å². The zero-order valence-electron chi connectivity index (χ0n) is 17.1. The van der Waals surface area contributed by atoms with Gasteiger partial charge >= 0.3 is 0 Å². The molecule has 0 atom stereocenters. The molecule has 0 aromatic heterocycles. The van der Waals surface area contributed by atoms with E-state index in [0.717, 1.165) is 48.5 Å². The highest BCUT2D eigenvalue weighted by molar-refractivity contribution is 8.16. The van der Waals surface area contributed by atoms with Gasteiger partial charge in [-0.3, -0.25) is 4.79 Å². The summed E-state index contributed by atoms with van der Waals surface area (Å²) < 4.78 is 41.9. The molecule has 31 heavy (non-hydrogen) atoms. The third-order valence-corrected chi connectivity index (χ3v) is 10.3. The number of hydrogen-bond donors (Lipinski definition) is 1. The fourth-order valence-electron chi connectivity index (χ4n) is 3.73. The van der Waals surface area contributed by atoms with Crippen molar-refractivity contribution in [3.63, 3.8) is 0 Å². The first kappa shape index (κ1) is 22.6. The first-order valence-electron chi connectivity index (χ1n) is 10.4. The Morgan fingerprint density at radius 3 is 2.48 bits per heavy atom. The van der Waals surface area contributed by atoms with Crippen molar-refractivity contribution < 1.29 is 17.6 Å². The predicted octanol–water partition coefficient (Wildman–Crippen LogP) is 5.12. The van der Waals surface area contributed by atoms with Gasteiger partial charge in [-0.05, 0) is 66.7 Å². The lowest BCUT2D eigenvalue weighted by Crippen LogP contribution is -2.36. The number of rotatable bonds is 5. The topological polar surface area (TPSA) is 66.5 Å². The molecule has 2 fully saturated rings. The Morgan fingerprint density at radius 1 is 1.00 bits per heavy atom. The third-order valence-electron chi connectivity index (χ3n) is 5.37. The lowest BCUT2D eigenvalue weighted by molar-refractivity contribution is 0.102. The summed E-state index contributed by atoms with van der Waals surface area (Å²) in [4.78, 5) is 12.4. The molecule has 0 radical (unpaired) electrons. The molecule has 1 N–H and O–H groups in total. The summed E-state index contributed by atoms with van der Waals surface area (Å²) in [5, 5.41) is 2.83. The van der Waals surface area contributed by atoms with Crippen molar-refractivity contribution in [1.29, 1.82) is 0 Å². The van der Waals surface area contributed by atoms with Crippen LogP contribution in [0.5, 0.6) is 0 Å². The van der Waals surface area contributed by atoms with Crippen LogP contribution in [0.4, 0.5) is 10.1 Å². The van der Waals surface area contributed by atoms with Crippen LogP contribution in [0.15, 0.2) is 47.4 Å². The molecule has 0 saturated carbocycles. The molecule has 2 aliphatic rings. The maximum atomic E-state index is 14.4. The Labute approximate surface area is 191 Å². The number of amides is 1. The first-order chi connectivity index (χ1) is 14.9. The van der Waals surface area contributed by atoms with Crippen molar-refractivity contribution in [1.82, 2.24) is 4.31 Å². The van der Waals surface area contributed by atoms with Crippen LogP contribution in [0, 0.1) is 5.82 Å². The van der Waals surface area contributed by atoms with E-state index in [1.165, 1.54) is 16.8 Å². The molecule has 0 unspecified atom stereocenters. The van der Waals surface area contributed by atoms with E-state index in [4.69, 9.17) is 0 Å². The van der Waals surface area contributed by atoms with Crippen molar-refractivity contribution >= 4 is 45.1 Å². The van der Waals surface area contributed by atoms with E-state index in [9.17, 15) is 17.6 Å². The van der Waals surface area contributed by atoms with Crippen LogP contribution in [0.1, 0.15) is 46.2 Å². The van der Waals surface area contributed by atoms with E-state index in [-0.39, 0.29) is 5.56 Å². The molecule has 5 nitrogen and oxygen atoms in total. The first-order valence-corrected chi connectivity index (χ1v) is 13.9. The highest BCUT2D eigenvalue weighted by atomic mass is 32.2. The molecule has 0 aliphatic carbocycles. The molecular formula is C22H25FN2O3S3. The van der Waals surface area contributed by atoms with E-state index < -0.39 is 26.6 Å². The number of thioether (sulfide) groups is 2. The second-order valence-electron chi connectivity index (χ2n) is 7.62. The number of hydrogen-bond acceptors (Lipinski definition) is 5. The van der Waals surface area contributed by atoms with Crippen molar-refractivity contribution in [3.05, 3.63) is 59.4 Å². The van der Waals surface area contributed by atoms with E-state index in [0.29, 0.717) is 23.4 Å². The fraction of sp³-hybridized carbons (Fsp3) is 0.409. The molecule has 2 aliphatic heterocycles. The van der Waals surface area contributed by atoms with Gasteiger partial charge in [0.15, 0.2) is 0 Å². The van der Waals surface area contributed by atoms with Crippen LogP contribution in [0.3, 0.4) is 0 Å². The van der Waals surface area contributed by atoms with Crippen molar-refractivity contribution in [2.45, 2.75) is 35.2 Å². The van der Waals surface area contributed by atoms with Gasteiger partial charge in [0.05, 0.1) is 4.58 Å². The maximum Gasteiger partial charge on any atom is 0.255 e. The molecule has 2 aromatic carbocycles. The van der Waals surface area contributed by atoms with Crippen LogP contribution in [-0.2, 0) is 10.0 Å². The van der Waals surface area contributed by atoms with E-state index in [2.05, 4.69) is 5.32 Å². The number of nitrogens with one attached hydrogen (secondary N) is 1. The number of nitrogens with zero attached hydrogens (tertiary/aromatic N) is 1. The minimum atomic E-state index is -3.97. The molecule has 1 amide bonds. The number of anilines is 1. The van der Waals surface area contributed by atoms with Crippen LogP contribution < -0.4 is 5.32 Å². The lowest BCUT2D eigenvalue weighted by atomic mass is 10.2. The summed E-state index contributed by atoms with van der Waals surface area (Å²) in [5.41, 5.74) is 1.89. The SMILES string of the molecule is O=C(Nc1cccc(C2SCCCS2)c1)c1ccc(F)c(S(=O)(=O)N2CCCCC2)c1.